The van der Waals surface area contributed by atoms with Crippen LogP contribution in [0.1, 0.15) is 19.4 Å². The van der Waals surface area contributed by atoms with Gasteiger partial charge in [0, 0.05) is 5.33 Å². The first-order valence-electron chi connectivity index (χ1n) is 5.13. The summed E-state index contributed by atoms with van der Waals surface area (Å²) in [5.74, 6) is -0.643. The number of carbonyl (C=O) groups is 1. The van der Waals surface area contributed by atoms with Crippen LogP contribution in [0.25, 0.3) is 0 Å². The van der Waals surface area contributed by atoms with Gasteiger partial charge in [-0.3, -0.25) is 0 Å². The summed E-state index contributed by atoms with van der Waals surface area (Å²) in [6.45, 7) is 2.97. The molecule has 0 aliphatic carbocycles. The van der Waals surface area contributed by atoms with Gasteiger partial charge in [-0.25, -0.2) is 4.79 Å². The predicted molar refractivity (Wildman–Crippen MR) is 71.3 cm³/mol. The number of ether oxygens (including phenoxy) is 1. The van der Waals surface area contributed by atoms with Gasteiger partial charge in [0.15, 0.2) is 5.60 Å². The fraction of sp³-hybridized carbons (Fsp3) is 0.417. The lowest BCUT2D eigenvalue weighted by Gasteiger charge is -2.22. The molecule has 0 amide bonds. The van der Waals surface area contributed by atoms with Gasteiger partial charge >= 0.3 is 5.97 Å². The van der Waals surface area contributed by atoms with Crippen LogP contribution < -0.4 is 4.74 Å². The van der Waals surface area contributed by atoms with Crippen LogP contribution in [0.2, 0.25) is 5.02 Å². The molecule has 1 aromatic rings. The van der Waals surface area contributed by atoms with E-state index in [0.29, 0.717) is 10.8 Å². The Hall–Kier alpha value is -0.740. The smallest absolute Gasteiger partial charge is 0.347 e. The Balaban J connectivity index is 2.90. The molecule has 0 aliphatic heterocycles. The summed E-state index contributed by atoms with van der Waals surface area (Å²) in [7, 11) is 0. The van der Waals surface area contributed by atoms with Crippen molar-refractivity contribution in [2.24, 2.45) is 0 Å². The molecular weight excluding hydrogens is 307 g/mol. The van der Waals surface area contributed by atoms with Gasteiger partial charge in [-0.15, -0.1) is 0 Å². The molecule has 0 radical (unpaired) electrons. The molecular formula is C12H14BrClO3. The zero-order valence-corrected chi connectivity index (χ0v) is 12.0. The Labute approximate surface area is 114 Å². The number of alkyl halides is 1. The minimum atomic E-state index is -1.29. The number of aryl methyl sites for hydroxylation is 1. The van der Waals surface area contributed by atoms with Crippen LogP contribution in [-0.2, 0) is 11.2 Å². The fourth-order valence-corrected chi connectivity index (χ4v) is 1.91. The minimum absolute atomic E-state index is 0.386. The number of benzene rings is 1. The quantitative estimate of drug-likeness (QED) is 0.844. The lowest BCUT2D eigenvalue weighted by Crippen LogP contribution is -2.37. The van der Waals surface area contributed by atoms with E-state index >= 15 is 0 Å². The largest absolute Gasteiger partial charge is 0.478 e. The van der Waals surface area contributed by atoms with Gasteiger partial charge in [0.2, 0.25) is 0 Å². The van der Waals surface area contributed by atoms with Crippen LogP contribution in [0.3, 0.4) is 0 Å². The number of halogens is 2. The van der Waals surface area contributed by atoms with E-state index in [2.05, 4.69) is 15.9 Å². The lowest BCUT2D eigenvalue weighted by atomic mass is 10.1. The van der Waals surface area contributed by atoms with Gasteiger partial charge in [0.1, 0.15) is 5.75 Å². The summed E-state index contributed by atoms with van der Waals surface area (Å²) >= 11 is 9.39. The number of hydrogen-bond acceptors (Lipinski definition) is 2. The second kappa shape index (κ2) is 5.74. The normalized spacial score (nSPS) is 11.3. The summed E-state index contributed by atoms with van der Waals surface area (Å²) in [6, 6.07) is 5.36. The molecule has 0 fully saturated rings. The van der Waals surface area contributed by atoms with E-state index in [1.807, 2.05) is 6.07 Å². The number of carboxylic acid groups (broad SMARTS) is 1. The molecule has 17 heavy (non-hydrogen) atoms. The van der Waals surface area contributed by atoms with Crippen LogP contribution >= 0.6 is 27.5 Å². The van der Waals surface area contributed by atoms with Gasteiger partial charge in [0.25, 0.3) is 0 Å². The molecule has 0 heterocycles. The standard InChI is InChI=1S/C12H14BrClO3/c1-12(2,11(15)16)17-10-4-3-8(5-6-13)7-9(10)14/h3-4,7H,5-6H2,1-2H3,(H,15,16). The molecule has 5 heteroatoms. The topological polar surface area (TPSA) is 46.5 Å². The summed E-state index contributed by atoms with van der Waals surface area (Å²) in [6.07, 6.45) is 0.863. The molecule has 0 saturated heterocycles. The zero-order valence-electron chi connectivity index (χ0n) is 9.67. The van der Waals surface area contributed by atoms with Crippen LogP contribution in [0, 0.1) is 0 Å². The molecule has 0 atom stereocenters. The minimum Gasteiger partial charge on any atom is -0.478 e. The van der Waals surface area contributed by atoms with Crippen molar-refractivity contribution >= 4 is 33.5 Å². The molecule has 0 bridgehead atoms. The van der Waals surface area contributed by atoms with Gasteiger partial charge in [-0.05, 0) is 38.0 Å². The lowest BCUT2D eigenvalue weighted by molar-refractivity contribution is -0.152. The second-order valence-electron chi connectivity index (χ2n) is 4.12. The summed E-state index contributed by atoms with van der Waals surface area (Å²) in [5.41, 5.74) is -0.215. The van der Waals surface area contributed by atoms with Crippen molar-refractivity contribution in [1.29, 1.82) is 0 Å². The van der Waals surface area contributed by atoms with Crippen molar-refractivity contribution in [2.45, 2.75) is 25.9 Å². The maximum Gasteiger partial charge on any atom is 0.347 e. The fourth-order valence-electron chi connectivity index (χ4n) is 1.21. The Kier molecular flexibility index (Phi) is 4.83. The molecule has 1 rings (SSSR count). The van der Waals surface area contributed by atoms with Crippen molar-refractivity contribution < 1.29 is 14.6 Å². The summed E-state index contributed by atoms with van der Waals surface area (Å²) in [5, 5.41) is 10.2. The summed E-state index contributed by atoms with van der Waals surface area (Å²) < 4.78 is 5.38. The molecule has 0 saturated carbocycles. The van der Waals surface area contributed by atoms with Crippen molar-refractivity contribution in [3.8, 4) is 5.75 Å². The Bertz CT molecular complexity index is 418. The zero-order chi connectivity index (χ0) is 13.1. The molecule has 1 aromatic carbocycles. The Morgan fingerprint density at radius 2 is 2.18 bits per heavy atom. The first-order valence-corrected chi connectivity index (χ1v) is 6.63. The van der Waals surface area contributed by atoms with E-state index in [4.69, 9.17) is 21.4 Å². The number of aliphatic carboxylic acids is 1. The molecule has 0 aliphatic rings. The van der Waals surface area contributed by atoms with Crippen LogP contribution in [0.15, 0.2) is 18.2 Å². The van der Waals surface area contributed by atoms with Crippen molar-refractivity contribution in [1.82, 2.24) is 0 Å². The predicted octanol–water partition coefficient (Wildman–Crippen LogP) is 3.52. The van der Waals surface area contributed by atoms with E-state index in [1.54, 1.807) is 12.1 Å². The molecule has 0 unspecified atom stereocenters. The third-order valence-electron chi connectivity index (χ3n) is 2.26. The number of hydrogen-bond donors (Lipinski definition) is 1. The monoisotopic (exact) mass is 320 g/mol. The van der Waals surface area contributed by atoms with E-state index in [-0.39, 0.29) is 0 Å². The van der Waals surface area contributed by atoms with E-state index in [0.717, 1.165) is 17.3 Å². The maximum atomic E-state index is 10.9. The van der Waals surface area contributed by atoms with Gasteiger partial charge in [0.05, 0.1) is 5.02 Å². The third-order valence-corrected chi connectivity index (χ3v) is 2.95. The molecule has 3 nitrogen and oxygen atoms in total. The van der Waals surface area contributed by atoms with Crippen molar-refractivity contribution in [2.75, 3.05) is 5.33 Å². The third kappa shape index (κ3) is 3.89. The Morgan fingerprint density at radius 1 is 1.53 bits per heavy atom. The molecule has 0 aromatic heterocycles. The average molecular weight is 322 g/mol. The van der Waals surface area contributed by atoms with E-state index < -0.39 is 11.6 Å². The van der Waals surface area contributed by atoms with Gasteiger partial charge in [-0.1, -0.05) is 33.6 Å². The first kappa shape index (κ1) is 14.3. The van der Waals surface area contributed by atoms with Crippen molar-refractivity contribution in [3.63, 3.8) is 0 Å². The van der Waals surface area contributed by atoms with Crippen LogP contribution in [0.4, 0.5) is 0 Å². The highest BCUT2D eigenvalue weighted by Gasteiger charge is 2.30. The van der Waals surface area contributed by atoms with E-state index in [9.17, 15) is 4.79 Å². The molecule has 1 N–H and O–H groups in total. The highest BCUT2D eigenvalue weighted by atomic mass is 79.9. The van der Waals surface area contributed by atoms with Gasteiger partial charge in [-0.2, -0.15) is 0 Å². The van der Waals surface area contributed by atoms with Crippen LogP contribution in [-0.4, -0.2) is 22.0 Å². The number of carboxylic acids is 1. The maximum absolute atomic E-state index is 10.9. The summed E-state index contributed by atoms with van der Waals surface area (Å²) in [4.78, 5) is 10.9. The second-order valence-corrected chi connectivity index (χ2v) is 5.32. The van der Waals surface area contributed by atoms with Crippen LogP contribution in [0.5, 0.6) is 5.75 Å². The molecule has 0 spiro atoms. The molecule has 94 valence electrons. The van der Waals surface area contributed by atoms with Crippen molar-refractivity contribution in [3.05, 3.63) is 28.8 Å². The highest BCUT2D eigenvalue weighted by molar-refractivity contribution is 9.09. The van der Waals surface area contributed by atoms with E-state index in [1.165, 1.54) is 13.8 Å². The first-order chi connectivity index (χ1) is 7.86. The van der Waals surface area contributed by atoms with Gasteiger partial charge < -0.3 is 9.84 Å². The highest BCUT2D eigenvalue weighted by Crippen LogP contribution is 2.29. The SMILES string of the molecule is CC(C)(Oc1ccc(CCBr)cc1Cl)C(=O)O. The number of rotatable bonds is 5. The Morgan fingerprint density at radius 3 is 2.65 bits per heavy atom. The average Bonchev–Trinajstić information content (AvgIpc) is 2.22.